The van der Waals surface area contributed by atoms with Gasteiger partial charge in [-0.2, -0.15) is 0 Å². The molecule has 136 valence electrons. The van der Waals surface area contributed by atoms with Crippen LogP contribution in [0.1, 0.15) is 54.7 Å². The Bertz CT molecular complexity index is 777. The van der Waals surface area contributed by atoms with E-state index in [1.165, 1.54) is 19.3 Å². The minimum atomic E-state index is 0.226. The Morgan fingerprint density at radius 3 is 2.19 bits per heavy atom. The summed E-state index contributed by atoms with van der Waals surface area (Å²) in [6, 6.07) is 13.0. The molecule has 2 aromatic carbocycles. The van der Waals surface area contributed by atoms with Gasteiger partial charge in [-0.15, -0.1) is 0 Å². The molecule has 1 aliphatic carbocycles. The number of para-hydroxylation sites is 2. The third-order valence-corrected chi connectivity index (χ3v) is 4.90. The van der Waals surface area contributed by atoms with Crippen LogP contribution in [0.5, 0.6) is 11.5 Å². The number of rotatable bonds is 6. The highest BCUT2D eigenvalue weighted by Gasteiger charge is 2.19. The standard InChI is InChI=1S/C22H26N2O2/c25-21-12-5-4-9-18(21)15-23-13-14-24-16-19-10-6-11-20(22(19)26)17-7-2-1-3-8-17/h4-6,9-12,15-17,25-26H,1-3,7-8,13-14H2. The second kappa shape index (κ2) is 9.18. The summed E-state index contributed by atoms with van der Waals surface area (Å²) in [4.78, 5) is 8.67. The molecule has 0 amide bonds. The van der Waals surface area contributed by atoms with Crippen LogP contribution in [0.4, 0.5) is 0 Å². The van der Waals surface area contributed by atoms with E-state index in [2.05, 4.69) is 9.98 Å². The molecule has 0 atom stereocenters. The fourth-order valence-corrected chi connectivity index (χ4v) is 3.47. The van der Waals surface area contributed by atoms with Gasteiger partial charge < -0.3 is 10.2 Å². The minimum Gasteiger partial charge on any atom is -0.507 e. The number of aromatic hydroxyl groups is 2. The molecule has 1 saturated carbocycles. The predicted octanol–water partition coefficient (Wildman–Crippen LogP) is 4.68. The predicted molar refractivity (Wildman–Crippen MR) is 107 cm³/mol. The van der Waals surface area contributed by atoms with Crippen LogP contribution in [-0.2, 0) is 0 Å². The van der Waals surface area contributed by atoms with Crippen LogP contribution in [0, 0.1) is 0 Å². The first-order valence-corrected chi connectivity index (χ1v) is 9.35. The summed E-state index contributed by atoms with van der Waals surface area (Å²) in [6.07, 6.45) is 9.52. The Hall–Kier alpha value is -2.62. The zero-order valence-corrected chi connectivity index (χ0v) is 15.0. The van der Waals surface area contributed by atoms with Crippen molar-refractivity contribution >= 4 is 12.4 Å². The Kier molecular flexibility index (Phi) is 6.42. The van der Waals surface area contributed by atoms with Crippen molar-refractivity contribution in [2.24, 2.45) is 9.98 Å². The summed E-state index contributed by atoms with van der Waals surface area (Å²) in [5.74, 6) is 1.07. The smallest absolute Gasteiger partial charge is 0.127 e. The van der Waals surface area contributed by atoms with Gasteiger partial charge in [0.25, 0.3) is 0 Å². The van der Waals surface area contributed by atoms with Crippen molar-refractivity contribution in [1.82, 2.24) is 0 Å². The van der Waals surface area contributed by atoms with E-state index in [4.69, 9.17) is 0 Å². The first-order valence-electron chi connectivity index (χ1n) is 9.35. The zero-order valence-electron chi connectivity index (χ0n) is 15.0. The van der Waals surface area contributed by atoms with Crippen molar-refractivity contribution in [3.8, 4) is 11.5 Å². The first-order chi connectivity index (χ1) is 12.8. The van der Waals surface area contributed by atoms with Crippen LogP contribution in [0.15, 0.2) is 52.4 Å². The molecule has 4 heteroatoms. The lowest BCUT2D eigenvalue weighted by molar-refractivity contribution is 0.414. The number of nitrogens with zero attached hydrogens (tertiary/aromatic N) is 2. The van der Waals surface area contributed by atoms with Crippen LogP contribution in [0.3, 0.4) is 0 Å². The lowest BCUT2D eigenvalue weighted by Gasteiger charge is -2.23. The number of aliphatic imine (C=N–C) groups is 2. The molecule has 0 heterocycles. The molecule has 2 aromatic rings. The van der Waals surface area contributed by atoms with Crippen LogP contribution in [0.2, 0.25) is 0 Å². The minimum absolute atomic E-state index is 0.226. The molecule has 0 saturated heterocycles. The topological polar surface area (TPSA) is 65.2 Å². The fourth-order valence-electron chi connectivity index (χ4n) is 3.47. The summed E-state index contributed by atoms with van der Waals surface area (Å²) in [6.45, 7) is 1.07. The molecule has 0 bridgehead atoms. The molecule has 4 nitrogen and oxygen atoms in total. The third kappa shape index (κ3) is 4.72. The normalized spacial score (nSPS) is 15.8. The molecule has 1 aliphatic rings. The lowest BCUT2D eigenvalue weighted by Crippen LogP contribution is -2.05. The van der Waals surface area contributed by atoms with Gasteiger partial charge in [-0.05, 0) is 42.5 Å². The van der Waals surface area contributed by atoms with Crippen LogP contribution in [-0.4, -0.2) is 35.7 Å². The number of hydrogen-bond acceptors (Lipinski definition) is 4. The van der Waals surface area contributed by atoms with Gasteiger partial charge in [-0.25, -0.2) is 0 Å². The summed E-state index contributed by atoms with van der Waals surface area (Å²) >= 11 is 0. The zero-order chi connectivity index (χ0) is 18.2. The van der Waals surface area contributed by atoms with E-state index >= 15 is 0 Å². The number of phenolic OH excluding ortho intramolecular Hbond substituents is 2. The second-order valence-electron chi connectivity index (χ2n) is 6.75. The molecule has 2 N–H and O–H groups in total. The van der Waals surface area contributed by atoms with E-state index in [-0.39, 0.29) is 5.75 Å². The van der Waals surface area contributed by atoms with Gasteiger partial charge in [-0.3, -0.25) is 9.98 Å². The quantitative estimate of drug-likeness (QED) is 0.587. The monoisotopic (exact) mass is 350 g/mol. The van der Waals surface area contributed by atoms with E-state index in [0.29, 0.717) is 30.3 Å². The average molecular weight is 350 g/mol. The molecule has 0 spiro atoms. The summed E-state index contributed by atoms with van der Waals surface area (Å²) in [5.41, 5.74) is 2.54. The first kappa shape index (κ1) is 18.2. The third-order valence-electron chi connectivity index (χ3n) is 4.90. The van der Waals surface area contributed by atoms with E-state index < -0.39 is 0 Å². The second-order valence-corrected chi connectivity index (χ2v) is 6.75. The highest BCUT2D eigenvalue weighted by atomic mass is 16.3. The molecule has 1 fully saturated rings. The Labute approximate surface area is 155 Å². The van der Waals surface area contributed by atoms with Crippen LogP contribution >= 0.6 is 0 Å². The number of benzene rings is 2. The van der Waals surface area contributed by atoms with E-state index in [1.54, 1.807) is 24.6 Å². The van der Waals surface area contributed by atoms with Crippen molar-refractivity contribution in [2.45, 2.75) is 38.0 Å². The van der Waals surface area contributed by atoms with E-state index in [1.807, 2.05) is 30.3 Å². The molecule has 0 aliphatic heterocycles. The summed E-state index contributed by atoms with van der Waals surface area (Å²) in [7, 11) is 0. The van der Waals surface area contributed by atoms with Crippen molar-refractivity contribution in [1.29, 1.82) is 0 Å². The Balaban J connectivity index is 1.56. The number of hydrogen-bond donors (Lipinski definition) is 2. The SMILES string of the molecule is Oc1ccccc1C=NCCN=Cc1cccc(C2CCCCC2)c1O. The van der Waals surface area contributed by atoms with Gasteiger partial charge in [-0.1, -0.05) is 43.5 Å². The molecule has 3 rings (SSSR count). The average Bonchev–Trinajstić information content (AvgIpc) is 2.68. The van der Waals surface area contributed by atoms with Gasteiger partial charge in [0.1, 0.15) is 11.5 Å². The maximum Gasteiger partial charge on any atom is 0.127 e. The van der Waals surface area contributed by atoms with E-state index in [9.17, 15) is 10.2 Å². The Morgan fingerprint density at radius 1 is 0.808 bits per heavy atom. The molecule has 0 aromatic heterocycles. The van der Waals surface area contributed by atoms with E-state index in [0.717, 1.165) is 24.0 Å². The van der Waals surface area contributed by atoms with Crippen molar-refractivity contribution in [3.05, 3.63) is 59.2 Å². The van der Waals surface area contributed by atoms with Crippen LogP contribution < -0.4 is 0 Å². The van der Waals surface area contributed by atoms with Crippen molar-refractivity contribution in [2.75, 3.05) is 13.1 Å². The Morgan fingerprint density at radius 2 is 1.46 bits per heavy atom. The van der Waals surface area contributed by atoms with Crippen molar-refractivity contribution in [3.63, 3.8) is 0 Å². The summed E-state index contributed by atoms with van der Waals surface area (Å²) < 4.78 is 0. The highest BCUT2D eigenvalue weighted by molar-refractivity contribution is 5.84. The van der Waals surface area contributed by atoms with Gasteiger partial charge in [0.15, 0.2) is 0 Å². The molecule has 0 radical (unpaired) electrons. The maximum absolute atomic E-state index is 10.6. The molecular formula is C22H26N2O2. The van der Waals surface area contributed by atoms with Crippen LogP contribution in [0.25, 0.3) is 0 Å². The molecule has 0 unspecified atom stereocenters. The van der Waals surface area contributed by atoms with Gasteiger partial charge in [0.05, 0.1) is 13.1 Å². The van der Waals surface area contributed by atoms with Gasteiger partial charge in [0.2, 0.25) is 0 Å². The number of phenols is 2. The maximum atomic E-state index is 10.6. The molecule has 26 heavy (non-hydrogen) atoms. The van der Waals surface area contributed by atoms with Crippen molar-refractivity contribution < 1.29 is 10.2 Å². The van der Waals surface area contributed by atoms with Gasteiger partial charge in [0, 0.05) is 23.6 Å². The highest BCUT2D eigenvalue weighted by Crippen LogP contribution is 2.37. The molecular weight excluding hydrogens is 324 g/mol. The largest absolute Gasteiger partial charge is 0.507 e. The lowest BCUT2D eigenvalue weighted by atomic mass is 9.83. The van der Waals surface area contributed by atoms with Gasteiger partial charge >= 0.3 is 0 Å². The summed E-state index contributed by atoms with van der Waals surface area (Å²) in [5, 5.41) is 20.3. The fraction of sp³-hybridized carbons (Fsp3) is 0.364.